The van der Waals surface area contributed by atoms with Gasteiger partial charge in [0.1, 0.15) is 5.82 Å². The number of nitrogen functional groups attached to an aromatic ring is 1. The quantitative estimate of drug-likeness (QED) is 0.888. The van der Waals surface area contributed by atoms with E-state index in [0.29, 0.717) is 16.8 Å². The summed E-state index contributed by atoms with van der Waals surface area (Å²) >= 11 is 3.42. The van der Waals surface area contributed by atoms with E-state index in [2.05, 4.69) is 25.9 Å². The maximum atomic E-state index is 11.6. The number of halogens is 1. The number of nitrogens with two attached hydrogens (primary N) is 1. The van der Waals surface area contributed by atoms with Crippen LogP contribution in [0.15, 0.2) is 39.8 Å². The molecule has 112 valence electrons. The molecule has 8 heteroatoms. The molecule has 0 unspecified atom stereocenters. The lowest BCUT2D eigenvalue weighted by Crippen LogP contribution is -2.18. The van der Waals surface area contributed by atoms with Crippen molar-refractivity contribution < 1.29 is 8.42 Å². The number of hydrogen-bond donors (Lipinski definition) is 1. The van der Waals surface area contributed by atoms with Crippen LogP contribution in [0.5, 0.6) is 0 Å². The number of benzene rings is 1. The molecule has 0 amide bonds. The summed E-state index contributed by atoms with van der Waals surface area (Å²) in [5, 5.41) is 0. The van der Waals surface area contributed by atoms with E-state index in [0.717, 1.165) is 5.69 Å². The molecule has 2 N–H and O–H groups in total. The van der Waals surface area contributed by atoms with Crippen molar-refractivity contribution >= 4 is 43.2 Å². The molecule has 2 rings (SSSR count). The van der Waals surface area contributed by atoms with Crippen molar-refractivity contribution in [2.45, 2.75) is 11.8 Å². The Balaban J connectivity index is 2.49. The van der Waals surface area contributed by atoms with E-state index in [9.17, 15) is 8.42 Å². The van der Waals surface area contributed by atoms with Gasteiger partial charge in [0.05, 0.1) is 10.6 Å². The van der Waals surface area contributed by atoms with E-state index < -0.39 is 9.84 Å². The molecule has 21 heavy (non-hydrogen) atoms. The molecule has 6 nitrogen and oxygen atoms in total. The van der Waals surface area contributed by atoms with Gasteiger partial charge in [0.25, 0.3) is 0 Å². The van der Waals surface area contributed by atoms with Gasteiger partial charge in [-0.25, -0.2) is 13.4 Å². The molecule has 0 atom stereocenters. The van der Waals surface area contributed by atoms with E-state index in [4.69, 9.17) is 5.73 Å². The zero-order valence-electron chi connectivity index (χ0n) is 11.6. The molecular formula is C13H15BrN4O2S. The fourth-order valence-electron chi connectivity index (χ4n) is 1.91. The zero-order valence-corrected chi connectivity index (χ0v) is 14.0. The van der Waals surface area contributed by atoms with E-state index in [1.807, 2.05) is 11.8 Å². The Labute approximate surface area is 132 Å². The molecule has 0 saturated carbocycles. The van der Waals surface area contributed by atoms with Crippen LogP contribution in [0.25, 0.3) is 0 Å². The Bertz CT molecular complexity index is 765. The molecule has 2 aromatic rings. The maximum Gasteiger partial charge on any atom is 0.221 e. The van der Waals surface area contributed by atoms with Gasteiger partial charge in [0, 0.05) is 23.5 Å². The number of nitrogens with zero attached hydrogens (tertiary/aromatic N) is 3. The summed E-state index contributed by atoms with van der Waals surface area (Å²) in [5.41, 5.74) is 6.42. The van der Waals surface area contributed by atoms with Gasteiger partial charge in [-0.05, 0) is 47.1 Å². The van der Waals surface area contributed by atoms with Crippen LogP contribution in [0.1, 0.15) is 6.92 Å². The molecular weight excluding hydrogens is 356 g/mol. The summed E-state index contributed by atoms with van der Waals surface area (Å²) < 4.78 is 23.8. The normalized spacial score (nSPS) is 11.4. The first kappa shape index (κ1) is 15.7. The van der Waals surface area contributed by atoms with Crippen molar-refractivity contribution in [3.8, 4) is 0 Å². The number of aromatic nitrogens is 2. The van der Waals surface area contributed by atoms with Crippen LogP contribution in [0, 0.1) is 0 Å². The second kappa shape index (κ2) is 5.98. The second-order valence-corrected chi connectivity index (χ2v) is 7.27. The van der Waals surface area contributed by atoms with Gasteiger partial charge in [-0.3, -0.25) is 0 Å². The molecule has 1 aromatic heterocycles. The van der Waals surface area contributed by atoms with Crippen molar-refractivity contribution in [1.29, 1.82) is 0 Å². The van der Waals surface area contributed by atoms with E-state index in [1.54, 1.807) is 30.5 Å². The van der Waals surface area contributed by atoms with Crippen LogP contribution in [0.3, 0.4) is 0 Å². The summed E-state index contributed by atoms with van der Waals surface area (Å²) in [6.07, 6.45) is 2.76. The highest BCUT2D eigenvalue weighted by Gasteiger charge is 2.15. The summed E-state index contributed by atoms with van der Waals surface area (Å²) in [6.45, 7) is 2.61. The third-order valence-corrected chi connectivity index (χ3v) is 4.64. The van der Waals surface area contributed by atoms with Gasteiger partial charge in [-0.15, -0.1) is 0 Å². The highest BCUT2D eigenvalue weighted by molar-refractivity contribution is 9.10. The molecule has 0 bridgehead atoms. The van der Waals surface area contributed by atoms with Crippen molar-refractivity contribution in [2.24, 2.45) is 0 Å². The average molecular weight is 371 g/mol. The molecule has 0 fully saturated rings. The standard InChI is InChI=1S/C13H15BrN4O2S/c1-3-18(12-6-7-16-13(15)17-12)11-5-4-9(8-10(11)14)21(2,19)20/h4-8H,3H2,1-2H3,(H2,15,16,17). The van der Waals surface area contributed by atoms with Crippen LogP contribution in [-0.2, 0) is 9.84 Å². The monoisotopic (exact) mass is 370 g/mol. The topological polar surface area (TPSA) is 89.2 Å². The Morgan fingerprint density at radius 1 is 1.33 bits per heavy atom. The smallest absolute Gasteiger partial charge is 0.221 e. The van der Waals surface area contributed by atoms with Gasteiger partial charge in [0.2, 0.25) is 5.95 Å². The third kappa shape index (κ3) is 3.51. The molecule has 1 aromatic carbocycles. The third-order valence-electron chi connectivity index (χ3n) is 2.89. The number of sulfone groups is 1. The minimum atomic E-state index is -3.24. The Hall–Kier alpha value is -1.67. The lowest BCUT2D eigenvalue weighted by atomic mass is 10.3. The predicted octanol–water partition coefficient (Wildman–Crippen LogP) is 2.38. The maximum absolute atomic E-state index is 11.6. The van der Waals surface area contributed by atoms with E-state index in [-0.39, 0.29) is 10.8 Å². The van der Waals surface area contributed by atoms with Crippen LogP contribution in [0.4, 0.5) is 17.5 Å². The summed E-state index contributed by atoms with van der Waals surface area (Å²) in [7, 11) is -3.24. The van der Waals surface area contributed by atoms with Crippen molar-refractivity contribution in [1.82, 2.24) is 9.97 Å². The van der Waals surface area contributed by atoms with E-state index >= 15 is 0 Å². The molecule has 0 radical (unpaired) electrons. The number of rotatable bonds is 4. The number of hydrogen-bond acceptors (Lipinski definition) is 6. The predicted molar refractivity (Wildman–Crippen MR) is 86.4 cm³/mol. The van der Waals surface area contributed by atoms with Gasteiger partial charge < -0.3 is 10.6 Å². The van der Waals surface area contributed by atoms with Crippen LogP contribution < -0.4 is 10.6 Å². The van der Waals surface area contributed by atoms with Crippen LogP contribution in [-0.4, -0.2) is 31.2 Å². The zero-order chi connectivity index (χ0) is 15.6. The molecule has 0 saturated heterocycles. The largest absolute Gasteiger partial charge is 0.368 e. The Morgan fingerprint density at radius 2 is 2.05 bits per heavy atom. The lowest BCUT2D eigenvalue weighted by Gasteiger charge is -2.23. The Morgan fingerprint density at radius 3 is 2.57 bits per heavy atom. The lowest BCUT2D eigenvalue weighted by molar-refractivity contribution is 0.602. The summed E-state index contributed by atoms with van der Waals surface area (Å²) in [6, 6.07) is 6.64. The van der Waals surface area contributed by atoms with E-state index in [1.165, 1.54) is 6.26 Å². The van der Waals surface area contributed by atoms with Crippen LogP contribution in [0.2, 0.25) is 0 Å². The molecule has 0 aliphatic carbocycles. The summed E-state index contributed by atoms with van der Waals surface area (Å²) in [5.74, 6) is 0.840. The van der Waals surface area contributed by atoms with Gasteiger partial charge in [-0.1, -0.05) is 0 Å². The first-order valence-corrected chi connectivity index (χ1v) is 8.87. The SMILES string of the molecule is CCN(c1ccnc(N)n1)c1ccc(S(C)(=O)=O)cc1Br. The fraction of sp³-hybridized carbons (Fsp3) is 0.231. The fourth-order valence-corrected chi connectivity index (χ4v) is 3.30. The minimum absolute atomic E-state index is 0.190. The number of anilines is 3. The average Bonchev–Trinajstić information content (AvgIpc) is 2.40. The second-order valence-electron chi connectivity index (χ2n) is 4.40. The molecule has 0 spiro atoms. The van der Waals surface area contributed by atoms with Gasteiger partial charge >= 0.3 is 0 Å². The van der Waals surface area contributed by atoms with Crippen molar-refractivity contribution in [3.05, 3.63) is 34.9 Å². The van der Waals surface area contributed by atoms with Gasteiger partial charge in [0.15, 0.2) is 9.84 Å². The minimum Gasteiger partial charge on any atom is -0.368 e. The molecule has 0 aliphatic heterocycles. The van der Waals surface area contributed by atoms with Crippen molar-refractivity contribution in [2.75, 3.05) is 23.4 Å². The first-order chi connectivity index (χ1) is 9.82. The highest BCUT2D eigenvalue weighted by Crippen LogP contribution is 2.32. The first-order valence-electron chi connectivity index (χ1n) is 6.18. The molecule has 0 aliphatic rings. The summed E-state index contributed by atoms with van der Waals surface area (Å²) in [4.78, 5) is 10.2. The van der Waals surface area contributed by atoms with Gasteiger partial charge in [-0.2, -0.15) is 4.98 Å². The Kier molecular flexibility index (Phi) is 4.48. The highest BCUT2D eigenvalue weighted by atomic mass is 79.9. The molecule has 1 heterocycles. The van der Waals surface area contributed by atoms with Crippen molar-refractivity contribution in [3.63, 3.8) is 0 Å². The van der Waals surface area contributed by atoms with Crippen LogP contribution >= 0.6 is 15.9 Å².